The SMILES string of the molecule is CCc1cccc2c(/C=N/Nc3ccc(C(F)(F)F)cc3[N+](=O)[O-])c[nH]c12. The highest BCUT2D eigenvalue weighted by molar-refractivity contribution is 6.00. The predicted octanol–water partition coefficient (Wildman–Crippen LogP) is 5.10. The zero-order valence-corrected chi connectivity index (χ0v) is 14.2. The zero-order valence-electron chi connectivity index (χ0n) is 14.2. The summed E-state index contributed by atoms with van der Waals surface area (Å²) in [4.78, 5) is 13.4. The number of hydrazone groups is 1. The van der Waals surface area contributed by atoms with Crippen LogP contribution in [-0.4, -0.2) is 16.1 Å². The van der Waals surface area contributed by atoms with Crippen molar-refractivity contribution in [1.29, 1.82) is 0 Å². The van der Waals surface area contributed by atoms with Gasteiger partial charge in [0.05, 0.1) is 16.7 Å². The number of nitrogens with one attached hydrogen (secondary N) is 2. The molecule has 27 heavy (non-hydrogen) atoms. The van der Waals surface area contributed by atoms with E-state index >= 15 is 0 Å². The molecule has 0 atom stereocenters. The molecule has 3 aromatic rings. The van der Waals surface area contributed by atoms with E-state index in [9.17, 15) is 23.3 Å². The Kier molecular flexibility index (Phi) is 4.85. The third-order valence-corrected chi connectivity index (χ3v) is 4.13. The maximum atomic E-state index is 12.7. The van der Waals surface area contributed by atoms with Gasteiger partial charge < -0.3 is 4.98 Å². The molecule has 0 saturated carbocycles. The number of alkyl halides is 3. The van der Waals surface area contributed by atoms with Crippen molar-refractivity contribution < 1.29 is 18.1 Å². The molecule has 2 N–H and O–H groups in total. The molecule has 2 aromatic carbocycles. The van der Waals surface area contributed by atoms with E-state index in [0.717, 1.165) is 40.6 Å². The summed E-state index contributed by atoms with van der Waals surface area (Å²) in [6, 6.07) is 8.07. The quantitative estimate of drug-likeness (QED) is 0.369. The van der Waals surface area contributed by atoms with Crippen LogP contribution in [0, 0.1) is 10.1 Å². The first-order valence-corrected chi connectivity index (χ1v) is 8.05. The first-order valence-electron chi connectivity index (χ1n) is 8.05. The van der Waals surface area contributed by atoms with E-state index in [0.29, 0.717) is 6.07 Å². The fourth-order valence-corrected chi connectivity index (χ4v) is 2.77. The first kappa shape index (κ1) is 18.4. The van der Waals surface area contributed by atoms with Gasteiger partial charge in [0.15, 0.2) is 0 Å². The van der Waals surface area contributed by atoms with Gasteiger partial charge in [-0.3, -0.25) is 15.5 Å². The van der Waals surface area contributed by atoms with Gasteiger partial charge in [-0.05, 0) is 24.1 Å². The number of fused-ring (bicyclic) bond motifs is 1. The van der Waals surface area contributed by atoms with Crippen molar-refractivity contribution in [2.24, 2.45) is 5.10 Å². The fraction of sp³-hybridized carbons (Fsp3) is 0.167. The number of halogens is 3. The lowest BCUT2D eigenvalue weighted by Gasteiger charge is -2.08. The summed E-state index contributed by atoms with van der Waals surface area (Å²) in [7, 11) is 0. The second-order valence-corrected chi connectivity index (χ2v) is 5.79. The summed E-state index contributed by atoms with van der Waals surface area (Å²) < 4.78 is 38.2. The molecule has 1 aromatic heterocycles. The maximum Gasteiger partial charge on any atom is 0.416 e. The van der Waals surface area contributed by atoms with E-state index in [1.807, 2.05) is 25.1 Å². The largest absolute Gasteiger partial charge is 0.416 e. The monoisotopic (exact) mass is 376 g/mol. The number of hydrogen-bond acceptors (Lipinski definition) is 4. The Labute approximate surface area is 151 Å². The molecule has 0 unspecified atom stereocenters. The number of anilines is 1. The van der Waals surface area contributed by atoms with Gasteiger partial charge in [-0.1, -0.05) is 25.1 Å². The molecule has 0 saturated heterocycles. The van der Waals surface area contributed by atoms with Crippen LogP contribution in [0.4, 0.5) is 24.5 Å². The standard InChI is InChI=1S/C18H15F3N4O2/c1-2-11-4-3-5-14-12(9-22-17(11)14)10-23-24-15-7-6-13(18(19,20)21)8-16(15)25(26)27/h3-10,22,24H,2H2,1H3/b23-10+. The van der Waals surface area contributed by atoms with Crippen LogP contribution in [0.5, 0.6) is 0 Å². The first-order chi connectivity index (χ1) is 12.8. The van der Waals surface area contributed by atoms with Gasteiger partial charge in [-0.15, -0.1) is 0 Å². The van der Waals surface area contributed by atoms with E-state index in [-0.39, 0.29) is 5.69 Å². The van der Waals surface area contributed by atoms with E-state index in [2.05, 4.69) is 15.5 Å². The lowest BCUT2D eigenvalue weighted by Crippen LogP contribution is -2.06. The van der Waals surface area contributed by atoms with E-state index in [4.69, 9.17) is 0 Å². The lowest BCUT2D eigenvalue weighted by molar-refractivity contribution is -0.384. The Morgan fingerprint density at radius 3 is 2.74 bits per heavy atom. The van der Waals surface area contributed by atoms with Gasteiger partial charge in [-0.25, -0.2) is 0 Å². The maximum absolute atomic E-state index is 12.7. The van der Waals surface area contributed by atoms with Crippen molar-refractivity contribution in [1.82, 2.24) is 4.98 Å². The van der Waals surface area contributed by atoms with Crippen molar-refractivity contribution in [3.05, 3.63) is 69.4 Å². The number of para-hydroxylation sites is 1. The second kappa shape index (κ2) is 7.10. The molecular formula is C18H15F3N4O2. The van der Waals surface area contributed by atoms with Gasteiger partial charge in [-0.2, -0.15) is 18.3 Å². The summed E-state index contributed by atoms with van der Waals surface area (Å²) in [5.41, 5.74) is 3.40. The number of aryl methyl sites for hydroxylation is 1. The molecule has 0 radical (unpaired) electrons. The molecule has 6 nitrogen and oxygen atoms in total. The Balaban J connectivity index is 1.88. The highest BCUT2D eigenvalue weighted by Crippen LogP contribution is 2.35. The summed E-state index contributed by atoms with van der Waals surface area (Å²) >= 11 is 0. The lowest BCUT2D eigenvalue weighted by atomic mass is 10.1. The summed E-state index contributed by atoms with van der Waals surface area (Å²) in [6.07, 6.45) is -0.603. The number of aromatic amines is 1. The van der Waals surface area contributed by atoms with Crippen LogP contribution in [0.2, 0.25) is 0 Å². The molecule has 0 aliphatic heterocycles. The average molecular weight is 376 g/mol. The molecule has 0 aliphatic carbocycles. The van der Waals surface area contributed by atoms with Gasteiger partial charge in [0.1, 0.15) is 5.69 Å². The topological polar surface area (TPSA) is 83.3 Å². The number of H-pyrrole nitrogens is 1. The third kappa shape index (κ3) is 3.76. The predicted molar refractivity (Wildman–Crippen MR) is 97.0 cm³/mol. The molecule has 9 heteroatoms. The summed E-state index contributed by atoms with van der Waals surface area (Å²) in [5, 5.41) is 16.0. The molecule has 0 fully saturated rings. The van der Waals surface area contributed by atoms with E-state index < -0.39 is 22.4 Å². The summed E-state index contributed by atoms with van der Waals surface area (Å²) in [6.45, 7) is 2.04. The van der Waals surface area contributed by atoms with Crippen molar-refractivity contribution >= 4 is 28.5 Å². The van der Waals surface area contributed by atoms with Crippen LogP contribution in [0.25, 0.3) is 10.9 Å². The smallest absolute Gasteiger partial charge is 0.360 e. The van der Waals surface area contributed by atoms with Gasteiger partial charge in [0.25, 0.3) is 5.69 Å². The van der Waals surface area contributed by atoms with Gasteiger partial charge in [0.2, 0.25) is 0 Å². The molecular weight excluding hydrogens is 361 g/mol. The van der Waals surface area contributed by atoms with Crippen LogP contribution in [0.3, 0.4) is 0 Å². The highest BCUT2D eigenvalue weighted by atomic mass is 19.4. The number of benzene rings is 2. The van der Waals surface area contributed by atoms with Crippen LogP contribution in [0.1, 0.15) is 23.6 Å². The molecule has 0 spiro atoms. The zero-order chi connectivity index (χ0) is 19.6. The molecule has 140 valence electrons. The third-order valence-electron chi connectivity index (χ3n) is 4.13. The minimum absolute atomic E-state index is 0.127. The second-order valence-electron chi connectivity index (χ2n) is 5.79. The van der Waals surface area contributed by atoms with Crippen LogP contribution < -0.4 is 5.43 Å². The van der Waals surface area contributed by atoms with Crippen molar-refractivity contribution in [2.75, 3.05) is 5.43 Å². The highest BCUT2D eigenvalue weighted by Gasteiger charge is 2.33. The number of nitro benzene ring substituents is 1. The molecule has 1 heterocycles. The van der Waals surface area contributed by atoms with Gasteiger partial charge in [0, 0.05) is 28.7 Å². The van der Waals surface area contributed by atoms with Crippen LogP contribution >= 0.6 is 0 Å². The average Bonchev–Trinajstić information content (AvgIpc) is 3.04. The fourth-order valence-electron chi connectivity index (χ4n) is 2.77. The van der Waals surface area contributed by atoms with Gasteiger partial charge >= 0.3 is 6.18 Å². The number of aromatic nitrogens is 1. The minimum atomic E-state index is -4.66. The molecule has 3 rings (SSSR count). The van der Waals surface area contributed by atoms with Crippen molar-refractivity contribution in [3.63, 3.8) is 0 Å². The molecule has 0 bridgehead atoms. The molecule has 0 aliphatic rings. The number of hydrogen-bond donors (Lipinski definition) is 2. The van der Waals surface area contributed by atoms with E-state index in [1.54, 1.807) is 6.20 Å². The van der Waals surface area contributed by atoms with E-state index in [1.165, 1.54) is 6.21 Å². The van der Waals surface area contributed by atoms with Crippen molar-refractivity contribution in [3.8, 4) is 0 Å². The van der Waals surface area contributed by atoms with Crippen molar-refractivity contribution in [2.45, 2.75) is 19.5 Å². The Bertz CT molecular complexity index is 1030. The Morgan fingerprint density at radius 2 is 2.07 bits per heavy atom. The Hall–Kier alpha value is -3.36. The van der Waals surface area contributed by atoms with Crippen LogP contribution in [0.15, 0.2) is 47.7 Å². The minimum Gasteiger partial charge on any atom is -0.360 e. The van der Waals surface area contributed by atoms with Crippen LogP contribution in [-0.2, 0) is 12.6 Å². The number of nitrogens with zero attached hydrogens (tertiary/aromatic N) is 2. The number of nitro groups is 1. The summed E-state index contributed by atoms with van der Waals surface area (Å²) in [5.74, 6) is 0. The number of rotatable bonds is 5. The normalized spacial score (nSPS) is 12.0. The Morgan fingerprint density at radius 1 is 1.30 bits per heavy atom. The molecule has 0 amide bonds.